The summed E-state index contributed by atoms with van der Waals surface area (Å²) in [6.07, 6.45) is -0.485. The first kappa shape index (κ1) is 20.9. The van der Waals surface area contributed by atoms with Crippen LogP contribution in [-0.4, -0.2) is 59.2 Å². The van der Waals surface area contributed by atoms with E-state index < -0.39 is 42.8 Å². The summed E-state index contributed by atoms with van der Waals surface area (Å²) in [5.74, 6) is -3.43. The molecule has 27 heavy (non-hydrogen) atoms. The van der Waals surface area contributed by atoms with Crippen LogP contribution in [0.5, 0.6) is 0 Å². The van der Waals surface area contributed by atoms with Crippen molar-refractivity contribution in [2.75, 3.05) is 13.1 Å². The predicted octanol–water partition coefficient (Wildman–Crippen LogP) is 0.949. The van der Waals surface area contributed by atoms with Crippen LogP contribution in [0, 0.1) is 5.82 Å². The fraction of sp³-hybridized carbons (Fsp3) is 0.412. The molecule has 1 aliphatic rings. The zero-order valence-electron chi connectivity index (χ0n) is 14.6. The van der Waals surface area contributed by atoms with Crippen molar-refractivity contribution in [3.8, 4) is 0 Å². The monoisotopic (exact) mass is 382 g/mol. The number of hydrogen-bond acceptors (Lipinski definition) is 5. The van der Waals surface area contributed by atoms with Gasteiger partial charge < -0.3 is 25.0 Å². The Balaban J connectivity index is 1.90. The van der Waals surface area contributed by atoms with Crippen molar-refractivity contribution in [1.29, 1.82) is 0 Å². The first-order chi connectivity index (χ1) is 12.8. The Labute approximate surface area is 155 Å². The molecule has 10 heteroatoms. The Bertz CT molecular complexity index is 686. The number of hydrogen-bond donors (Lipinski definition) is 3. The van der Waals surface area contributed by atoms with Crippen LogP contribution in [-0.2, 0) is 16.0 Å². The maximum absolute atomic E-state index is 13.0. The Morgan fingerprint density at radius 1 is 1.37 bits per heavy atom. The maximum Gasteiger partial charge on any atom is 0.475 e. The number of nitrogens with zero attached hydrogens (tertiary/aromatic N) is 1. The largest absolute Gasteiger partial charge is 0.475 e. The van der Waals surface area contributed by atoms with Crippen molar-refractivity contribution in [2.45, 2.75) is 31.3 Å². The molecule has 7 nitrogen and oxygen atoms in total. The summed E-state index contributed by atoms with van der Waals surface area (Å²) in [4.78, 5) is 24.9. The van der Waals surface area contributed by atoms with Gasteiger partial charge in [-0.05, 0) is 37.0 Å². The van der Waals surface area contributed by atoms with Gasteiger partial charge in [-0.1, -0.05) is 18.7 Å². The molecule has 0 spiro atoms. The summed E-state index contributed by atoms with van der Waals surface area (Å²) < 4.78 is 31.1. The minimum absolute atomic E-state index is 0.0273. The number of rotatable bonds is 6. The van der Waals surface area contributed by atoms with E-state index in [4.69, 9.17) is 4.74 Å². The lowest BCUT2D eigenvalue weighted by Crippen LogP contribution is -2.50. The normalized spacial score (nSPS) is 17.8. The van der Waals surface area contributed by atoms with Gasteiger partial charge in [0.2, 0.25) is 0 Å². The molecular formula is C17H21BF2N2O5. The van der Waals surface area contributed by atoms with Crippen molar-refractivity contribution in [3.05, 3.63) is 48.1 Å². The predicted molar refractivity (Wildman–Crippen MR) is 93.6 cm³/mol. The van der Waals surface area contributed by atoms with Crippen molar-refractivity contribution in [1.82, 2.24) is 10.2 Å². The molecule has 2 amide bonds. The van der Waals surface area contributed by atoms with Crippen LogP contribution in [0.1, 0.15) is 18.4 Å². The summed E-state index contributed by atoms with van der Waals surface area (Å²) >= 11 is 0. The first-order valence-corrected chi connectivity index (χ1v) is 8.47. The van der Waals surface area contributed by atoms with Gasteiger partial charge in [0, 0.05) is 6.54 Å². The van der Waals surface area contributed by atoms with Crippen LogP contribution in [0.3, 0.4) is 0 Å². The summed E-state index contributed by atoms with van der Waals surface area (Å²) in [7, 11) is -1.86. The number of likely N-dealkylation sites (tertiary alicyclic amines) is 1. The number of benzene rings is 1. The number of alkyl carbamates (subject to hydrolysis) is 1. The molecule has 0 radical (unpaired) electrons. The van der Waals surface area contributed by atoms with Gasteiger partial charge in [-0.25, -0.2) is 13.6 Å². The topological polar surface area (TPSA) is 99.1 Å². The van der Waals surface area contributed by atoms with Gasteiger partial charge >= 0.3 is 13.2 Å². The molecule has 1 aromatic carbocycles. The number of piperidine rings is 1. The average Bonchev–Trinajstić information content (AvgIpc) is 2.62. The van der Waals surface area contributed by atoms with Gasteiger partial charge in [-0.2, -0.15) is 0 Å². The minimum Gasteiger partial charge on any atom is -0.444 e. The molecule has 1 saturated heterocycles. The van der Waals surface area contributed by atoms with Crippen LogP contribution in [0.4, 0.5) is 13.6 Å². The molecule has 0 bridgehead atoms. The Kier molecular flexibility index (Phi) is 7.32. The summed E-state index contributed by atoms with van der Waals surface area (Å²) in [6, 6.07) is 5.38. The summed E-state index contributed by atoms with van der Waals surface area (Å²) in [5, 5.41) is 21.3. The standard InChI is InChI=1S/C17H21BF2N2O5/c1-11(19)16(23)22-8-2-3-14(10-22)27-17(24)21-15(18(25)26)9-12-4-6-13(20)7-5-12/h4-7,14-15,25-26H,1-3,8-10H2,(H,21,24)/t14-,15-/m0/s1. The van der Waals surface area contributed by atoms with E-state index in [9.17, 15) is 28.4 Å². The molecule has 0 aliphatic carbocycles. The molecule has 1 aromatic rings. The summed E-state index contributed by atoms with van der Waals surface area (Å²) in [6.45, 7) is 3.33. The molecule has 0 aromatic heterocycles. The molecule has 1 heterocycles. The molecule has 3 N–H and O–H groups in total. The zero-order valence-corrected chi connectivity index (χ0v) is 14.6. The van der Waals surface area contributed by atoms with E-state index in [-0.39, 0.29) is 13.0 Å². The van der Waals surface area contributed by atoms with Crippen molar-refractivity contribution < 1.29 is 33.2 Å². The van der Waals surface area contributed by atoms with Crippen LogP contribution in [0.2, 0.25) is 0 Å². The molecule has 146 valence electrons. The van der Waals surface area contributed by atoms with Crippen molar-refractivity contribution in [3.63, 3.8) is 0 Å². The second kappa shape index (κ2) is 9.47. The fourth-order valence-corrected chi connectivity index (χ4v) is 2.83. The molecule has 2 atom stereocenters. The quantitative estimate of drug-likeness (QED) is 0.503. The van der Waals surface area contributed by atoms with Crippen LogP contribution >= 0.6 is 0 Å². The molecule has 1 aliphatic heterocycles. The van der Waals surface area contributed by atoms with Gasteiger partial charge in [0.25, 0.3) is 5.91 Å². The van der Waals surface area contributed by atoms with Gasteiger partial charge in [0.1, 0.15) is 11.9 Å². The molecule has 0 saturated carbocycles. The van der Waals surface area contributed by atoms with E-state index in [1.54, 1.807) is 0 Å². The Morgan fingerprint density at radius 2 is 2.04 bits per heavy atom. The minimum atomic E-state index is -1.86. The number of ether oxygens (including phenoxy) is 1. The number of carbonyl (C=O) groups is 2. The van der Waals surface area contributed by atoms with E-state index in [1.165, 1.54) is 29.2 Å². The van der Waals surface area contributed by atoms with Crippen molar-refractivity contribution in [2.24, 2.45) is 0 Å². The lowest BCUT2D eigenvalue weighted by molar-refractivity contribution is -0.131. The third kappa shape index (κ3) is 6.33. The zero-order chi connectivity index (χ0) is 20.0. The Hall–Kier alpha value is -2.46. The average molecular weight is 382 g/mol. The first-order valence-electron chi connectivity index (χ1n) is 8.47. The molecule has 0 unspecified atom stereocenters. The second-order valence-corrected chi connectivity index (χ2v) is 6.32. The fourth-order valence-electron chi connectivity index (χ4n) is 2.83. The smallest absolute Gasteiger partial charge is 0.444 e. The highest BCUT2D eigenvalue weighted by Crippen LogP contribution is 2.16. The number of nitrogens with one attached hydrogen (secondary N) is 1. The third-order valence-corrected chi connectivity index (χ3v) is 4.20. The number of halogens is 2. The number of amides is 2. The van der Waals surface area contributed by atoms with E-state index in [2.05, 4.69) is 11.9 Å². The highest BCUT2D eigenvalue weighted by atomic mass is 19.1. The lowest BCUT2D eigenvalue weighted by Gasteiger charge is -2.32. The molecular weight excluding hydrogens is 361 g/mol. The summed E-state index contributed by atoms with van der Waals surface area (Å²) in [5.41, 5.74) is 0.589. The van der Waals surface area contributed by atoms with Crippen molar-refractivity contribution >= 4 is 19.1 Å². The lowest BCUT2D eigenvalue weighted by atomic mass is 9.76. The van der Waals surface area contributed by atoms with Gasteiger partial charge in [-0.3, -0.25) is 4.79 Å². The number of carbonyl (C=O) groups excluding carboxylic acids is 2. The van der Waals surface area contributed by atoms with E-state index in [0.29, 0.717) is 24.9 Å². The second-order valence-electron chi connectivity index (χ2n) is 6.32. The van der Waals surface area contributed by atoms with Gasteiger partial charge in [0.15, 0.2) is 5.83 Å². The third-order valence-electron chi connectivity index (χ3n) is 4.20. The van der Waals surface area contributed by atoms with E-state index >= 15 is 0 Å². The van der Waals surface area contributed by atoms with E-state index in [1.807, 2.05) is 0 Å². The SMILES string of the molecule is C=C(F)C(=O)N1CCC[C@H](OC(=O)N[C@@H](Cc2ccc(F)cc2)B(O)O)C1. The van der Waals surface area contributed by atoms with Gasteiger partial charge in [0.05, 0.1) is 12.5 Å². The van der Waals surface area contributed by atoms with E-state index in [0.717, 1.165) is 0 Å². The maximum atomic E-state index is 13.0. The molecule has 2 rings (SSSR count). The highest BCUT2D eigenvalue weighted by Gasteiger charge is 2.30. The van der Waals surface area contributed by atoms with Crippen LogP contribution in [0.25, 0.3) is 0 Å². The van der Waals surface area contributed by atoms with Crippen LogP contribution < -0.4 is 5.32 Å². The van der Waals surface area contributed by atoms with Crippen LogP contribution in [0.15, 0.2) is 36.7 Å². The highest BCUT2D eigenvalue weighted by molar-refractivity contribution is 6.43. The molecule has 1 fully saturated rings. The Morgan fingerprint density at radius 3 is 2.63 bits per heavy atom. The van der Waals surface area contributed by atoms with Gasteiger partial charge in [-0.15, -0.1) is 0 Å².